The Hall–Kier alpha value is -0.610. The SMILES string of the molecule is CC1CCN(C(=O)C(N)CO)CC1. The molecule has 0 aromatic heterocycles. The van der Waals surface area contributed by atoms with Crippen molar-refractivity contribution in [3.63, 3.8) is 0 Å². The van der Waals surface area contributed by atoms with Crippen LogP contribution in [-0.2, 0) is 4.79 Å². The Kier molecular flexibility index (Phi) is 3.69. The van der Waals surface area contributed by atoms with Crippen LogP contribution in [0.3, 0.4) is 0 Å². The van der Waals surface area contributed by atoms with Crippen LogP contribution in [-0.4, -0.2) is 41.7 Å². The summed E-state index contributed by atoms with van der Waals surface area (Å²) in [6, 6.07) is -0.728. The number of piperidine rings is 1. The number of nitrogens with zero attached hydrogens (tertiary/aromatic N) is 1. The molecule has 0 aromatic rings. The van der Waals surface area contributed by atoms with Gasteiger partial charge in [-0.05, 0) is 18.8 Å². The minimum Gasteiger partial charge on any atom is -0.394 e. The highest BCUT2D eigenvalue weighted by molar-refractivity contribution is 5.81. The minimum absolute atomic E-state index is 0.116. The van der Waals surface area contributed by atoms with E-state index in [0.717, 1.165) is 25.9 Å². The number of carbonyl (C=O) groups is 1. The molecule has 1 aliphatic heterocycles. The number of carbonyl (C=O) groups excluding carboxylic acids is 1. The highest BCUT2D eigenvalue weighted by atomic mass is 16.3. The number of hydrogen-bond donors (Lipinski definition) is 2. The fraction of sp³-hybridized carbons (Fsp3) is 0.889. The minimum atomic E-state index is -0.728. The van der Waals surface area contributed by atoms with Crippen molar-refractivity contribution in [2.75, 3.05) is 19.7 Å². The van der Waals surface area contributed by atoms with Gasteiger partial charge in [0, 0.05) is 13.1 Å². The van der Waals surface area contributed by atoms with E-state index in [-0.39, 0.29) is 12.5 Å². The summed E-state index contributed by atoms with van der Waals surface area (Å²) < 4.78 is 0. The van der Waals surface area contributed by atoms with E-state index >= 15 is 0 Å². The predicted molar refractivity (Wildman–Crippen MR) is 50.0 cm³/mol. The van der Waals surface area contributed by atoms with Crippen LogP contribution in [0.25, 0.3) is 0 Å². The summed E-state index contributed by atoms with van der Waals surface area (Å²) in [6.45, 7) is 3.50. The van der Waals surface area contributed by atoms with Crippen LogP contribution in [0.2, 0.25) is 0 Å². The van der Waals surface area contributed by atoms with Crippen molar-refractivity contribution in [3.8, 4) is 0 Å². The number of aliphatic hydroxyl groups excluding tert-OH is 1. The Balaban J connectivity index is 2.40. The number of rotatable bonds is 2. The third kappa shape index (κ3) is 2.67. The van der Waals surface area contributed by atoms with Crippen LogP contribution < -0.4 is 5.73 Å². The second-order valence-electron chi connectivity index (χ2n) is 3.80. The topological polar surface area (TPSA) is 66.6 Å². The highest BCUT2D eigenvalue weighted by Crippen LogP contribution is 2.16. The first-order valence-corrected chi connectivity index (χ1v) is 4.80. The van der Waals surface area contributed by atoms with E-state index in [1.54, 1.807) is 4.90 Å². The van der Waals surface area contributed by atoms with Gasteiger partial charge in [-0.3, -0.25) is 4.79 Å². The quantitative estimate of drug-likeness (QED) is 0.614. The Labute approximate surface area is 78.7 Å². The molecular formula is C9H18N2O2. The van der Waals surface area contributed by atoms with Crippen molar-refractivity contribution < 1.29 is 9.90 Å². The Morgan fingerprint density at radius 1 is 1.62 bits per heavy atom. The van der Waals surface area contributed by atoms with E-state index in [4.69, 9.17) is 10.8 Å². The lowest BCUT2D eigenvalue weighted by molar-refractivity contribution is -0.134. The van der Waals surface area contributed by atoms with Gasteiger partial charge in [0.05, 0.1) is 6.61 Å². The molecule has 1 fully saturated rings. The first kappa shape index (κ1) is 10.5. The first-order chi connectivity index (χ1) is 6.15. The molecule has 0 spiro atoms. The van der Waals surface area contributed by atoms with E-state index in [1.807, 2.05) is 0 Å². The first-order valence-electron chi connectivity index (χ1n) is 4.80. The molecule has 1 saturated heterocycles. The highest BCUT2D eigenvalue weighted by Gasteiger charge is 2.23. The standard InChI is InChI=1S/C9H18N2O2/c1-7-2-4-11(5-3-7)9(13)8(10)6-12/h7-8,12H,2-6,10H2,1H3. The molecule has 1 amide bonds. The van der Waals surface area contributed by atoms with E-state index < -0.39 is 6.04 Å². The Morgan fingerprint density at radius 3 is 2.62 bits per heavy atom. The maximum absolute atomic E-state index is 11.5. The average molecular weight is 186 g/mol. The van der Waals surface area contributed by atoms with Crippen molar-refractivity contribution in [1.29, 1.82) is 0 Å². The van der Waals surface area contributed by atoms with Gasteiger partial charge < -0.3 is 15.7 Å². The van der Waals surface area contributed by atoms with Crippen LogP contribution in [0.1, 0.15) is 19.8 Å². The molecule has 4 nitrogen and oxygen atoms in total. The van der Waals surface area contributed by atoms with E-state index in [0.29, 0.717) is 5.92 Å². The van der Waals surface area contributed by atoms with Gasteiger partial charge in [0.15, 0.2) is 0 Å². The summed E-state index contributed by atoms with van der Waals surface area (Å²) >= 11 is 0. The summed E-state index contributed by atoms with van der Waals surface area (Å²) in [5, 5.41) is 8.72. The van der Waals surface area contributed by atoms with Crippen LogP contribution in [0, 0.1) is 5.92 Å². The third-order valence-corrected chi connectivity index (χ3v) is 2.61. The lowest BCUT2D eigenvalue weighted by Gasteiger charge is -2.31. The second-order valence-corrected chi connectivity index (χ2v) is 3.80. The molecule has 1 rings (SSSR count). The molecule has 1 atom stereocenters. The molecule has 1 aliphatic rings. The fourth-order valence-electron chi connectivity index (χ4n) is 1.54. The zero-order valence-electron chi connectivity index (χ0n) is 8.07. The molecule has 0 saturated carbocycles. The molecule has 3 N–H and O–H groups in total. The van der Waals surface area contributed by atoms with Gasteiger partial charge >= 0.3 is 0 Å². The van der Waals surface area contributed by atoms with Crippen LogP contribution >= 0.6 is 0 Å². The molecular weight excluding hydrogens is 168 g/mol. The summed E-state index contributed by atoms with van der Waals surface area (Å²) in [5.41, 5.74) is 5.44. The van der Waals surface area contributed by atoms with Gasteiger partial charge in [-0.15, -0.1) is 0 Å². The molecule has 76 valence electrons. The molecule has 0 aliphatic carbocycles. The van der Waals surface area contributed by atoms with Crippen molar-refractivity contribution in [1.82, 2.24) is 4.90 Å². The average Bonchev–Trinajstić information content (AvgIpc) is 2.17. The number of nitrogens with two attached hydrogens (primary N) is 1. The van der Waals surface area contributed by atoms with Crippen LogP contribution in [0.4, 0.5) is 0 Å². The van der Waals surface area contributed by atoms with Gasteiger partial charge in [-0.25, -0.2) is 0 Å². The van der Waals surface area contributed by atoms with Crippen LogP contribution in [0.5, 0.6) is 0 Å². The van der Waals surface area contributed by atoms with Crippen molar-refractivity contribution in [3.05, 3.63) is 0 Å². The van der Waals surface area contributed by atoms with Crippen molar-refractivity contribution in [2.24, 2.45) is 11.7 Å². The summed E-state index contributed by atoms with van der Waals surface area (Å²) in [5.74, 6) is 0.587. The Bertz CT molecular complexity index is 176. The predicted octanol–water partition coefficient (Wildman–Crippen LogP) is -0.435. The zero-order chi connectivity index (χ0) is 9.84. The van der Waals surface area contributed by atoms with Crippen molar-refractivity contribution in [2.45, 2.75) is 25.8 Å². The molecule has 13 heavy (non-hydrogen) atoms. The number of likely N-dealkylation sites (tertiary alicyclic amines) is 1. The largest absolute Gasteiger partial charge is 0.394 e. The maximum atomic E-state index is 11.5. The van der Waals surface area contributed by atoms with Gasteiger partial charge in [-0.2, -0.15) is 0 Å². The Morgan fingerprint density at radius 2 is 2.15 bits per heavy atom. The monoisotopic (exact) mass is 186 g/mol. The smallest absolute Gasteiger partial charge is 0.241 e. The molecule has 4 heteroatoms. The molecule has 0 bridgehead atoms. The normalized spacial score (nSPS) is 21.6. The molecule has 0 aromatic carbocycles. The number of amides is 1. The second kappa shape index (κ2) is 4.58. The zero-order valence-corrected chi connectivity index (χ0v) is 8.07. The lowest BCUT2D eigenvalue weighted by atomic mass is 9.99. The summed E-state index contributed by atoms with van der Waals surface area (Å²) in [4.78, 5) is 13.2. The van der Waals surface area contributed by atoms with Gasteiger partial charge in [-0.1, -0.05) is 6.92 Å². The van der Waals surface area contributed by atoms with Crippen molar-refractivity contribution >= 4 is 5.91 Å². The molecule has 1 heterocycles. The van der Waals surface area contributed by atoms with E-state index in [9.17, 15) is 4.79 Å². The molecule has 1 unspecified atom stereocenters. The van der Waals surface area contributed by atoms with E-state index in [2.05, 4.69) is 6.92 Å². The maximum Gasteiger partial charge on any atom is 0.241 e. The molecule has 0 radical (unpaired) electrons. The summed E-state index contributed by atoms with van der Waals surface area (Å²) in [7, 11) is 0. The number of hydrogen-bond acceptors (Lipinski definition) is 3. The van der Waals surface area contributed by atoms with Crippen LogP contribution in [0.15, 0.2) is 0 Å². The third-order valence-electron chi connectivity index (χ3n) is 2.61. The lowest BCUT2D eigenvalue weighted by Crippen LogP contribution is -2.48. The summed E-state index contributed by atoms with van der Waals surface area (Å²) in [6.07, 6.45) is 2.09. The van der Waals surface area contributed by atoms with Gasteiger partial charge in [0.2, 0.25) is 5.91 Å². The fourth-order valence-corrected chi connectivity index (χ4v) is 1.54. The van der Waals surface area contributed by atoms with Gasteiger partial charge in [0.25, 0.3) is 0 Å². The van der Waals surface area contributed by atoms with Gasteiger partial charge in [0.1, 0.15) is 6.04 Å². The number of aliphatic hydroxyl groups is 1. The van der Waals surface area contributed by atoms with E-state index in [1.165, 1.54) is 0 Å².